The second kappa shape index (κ2) is 6.83. The van der Waals surface area contributed by atoms with Crippen LogP contribution in [0, 0.1) is 0 Å². The quantitative estimate of drug-likeness (QED) is 0.656. The third-order valence-electron chi connectivity index (χ3n) is 2.55. The second-order valence-corrected chi connectivity index (χ2v) is 4.22. The van der Waals surface area contributed by atoms with Gasteiger partial charge in [0.1, 0.15) is 6.61 Å². The number of morpholine rings is 1. The molecule has 0 aromatic heterocycles. The Kier molecular flexibility index (Phi) is 5.73. The Labute approximate surface area is 97.3 Å². The summed E-state index contributed by atoms with van der Waals surface area (Å²) in [6.45, 7) is 5.40. The van der Waals surface area contributed by atoms with Crippen molar-refractivity contribution in [2.24, 2.45) is 0 Å². The minimum absolute atomic E-state index is 0.0667. The Hall–Kier alpha value is -0.650. The fraction of sp³-hybridized carbons (Fsp3) is 0.909. The van der Waals surface area contributed by atoms with Crippen LogP contribution in [0.4, 0.5) is 0 Å². The van der Waals surface area contributed by atoms with Gasteiger partial charge in [0.15, 0.2) is 0 Å². The zero-order valence-electron chi connectivity index (χ0n) is 10.4. The van der Waals surface area contributed by atoms with E-state index in [0.29, 0.717) is 26.4 Å². The van der Waals surface area contributed by atoms with E-state index in [0.717, 1.165) is 6.54 Å². The highest BCUT2D eigenvalue weighted by Crippen LogP contribution is 2.08. The van der Waals surface area contributed by atoms with Gasteiger partial charge in [-0.1, -0.05) is 0 Å². The Morgan fingerprint density at radius 2 is 2.31 bits per heavy atom. The molecular formula is C11H22N2O3. The summed E-state index contributed by atoms with van der Waals surface area (Å²) >= 11 is 0. The molecule has 0 N–H and O–H groups in total. The normalized spacial score (nSPS) is 21.5. The van der Waals surface area contributed by atoms with E-state index in [1.807, 2.05) is 25.9 Å². The predicted molar refractivity (Wildman–Crippen MR) is 61.4 cm³/mol. The Morgan fingerprint density at radius 1 is 1.56 bits per heavy atom. The molecule has 0 spiro atoms. The van der Waals surface area contributed by atoms with Crippen LogP contribution < -0.4 is 0 Å². The molecule has 0 aromatic carbocycles. The molecule has 1 aliphatic heterocycles. The number of amides is 1. The molecule has 0 aliphatic carbocycles. The standard InChI is InChI=1S/C11H22N2O3/c1-4-15-9-11(14)13-5-6-16-8-10(13)7-12(2)3/h10H,4-9H2,1-3H3/t10-/m1/s1. The number of hydrogen-bond donors (Lipinski definition) is 0. The Morgan fingerprint density at radius 3 is 2.94 bits per heavy atom. The highest BCUT2D eigenvalue weighted by atomic mass is 16.5. The van der Waals surface area contributed by atoms with Crippen LogP contribution in [0.25, 0.3) is 0 Å². The summed E-state index contributed by atoms with van der Waals surface area (Å²) in [4.78, 5) is 15.8. The van der Waals surface area contributed by atoms with Gasteiger partial charge in [0.05, 0.1) is 19.3 Å². The molecule has 1 saturated heterocycles. The van der Waals surface area contributed by atoms with Gasteiger partial charge >= 0.3 is 0 Å². The van der Waals surface area contributed by atoms with Gasteiger partial charge in [-0.05, 0) is 21.0 Å². The first kappa shape index (κ1) is 13.4. The van der Waals surface area contributed by atoms with Crippen LogP contribution in [0.5, 0.6) is 0 Å². The molecule has 1 heterocycles. The first-order valence-corrected chi connectivity index (χ1v) is 5.74. The number of carbonyl (C=O) groups is 1. The van der Waals surface area contributed by atoms with Gasteiger partial charge in [0.2, 0.25) is 5.91 Å². The summed E-state index contributed by atoms with van der Waals surface area (Å²) in [5.41, 5.74) is 0. The minimum atomic E-state index is 0.0667. The number of carbonyl (C=O) groups excluding carboxylic acids is 1. The molecular weight excluding hydrogens is 208 g/mol. The van der Waals surface area contributed by atoms with E-state index in [4.69, 9.17) is 9.47 Å². The SMILES string of the molecule is CCOCC(=O)N1CCOC[C@H]1CN(C)C. The highest BCUT2D eigenvalue weighted by Gasteiger charge is 2.27. The maximum absolute atomic E-state index is 11.9. The van der Waals surface area contributed by atoms with Crippen molar-refractivity contribution in [2.45, 2.75) is 13.0 Å². The van der Waals surface area contributed by atoms with Crippen molar-refractivity contribution in [3.05, 3.63) is 0 Å². The molecule has 0 aromatic rings. The van der Waals surface area contributed by atoms with Crippen molar-refractivity contribution in [1.29, 1.82) is 0 Å². The molecule has 1 rings (SSSR count). The lowest BCUT2D eigenvalue weighted by Gasteiger charge is -2.36. The first-order valence-electron chi connectivity index (χ1n) is 5.74. The van der Waals surface area contributed by atoms with Crippen molar-refractivity contribution in [1.82, 2.24) is 9.80 Å². The number of hydrogen-bond acceptors (Lipinski definition) is 4. The van der Waals surface area contributed by atoms with E-state index in [1.165, 1.54) is 0 Å². The van der Waals surface area contributed by atoms with Crippen molar-refractivity contribution < 1.29 is 14.3 Å². The Bertz CT molecular complexity index is 221. The van der Waals surface area contributed by atoms with Gasteiger partial charge in [-0.2, -0.15) is 0 Å². The lowest BCUT2D eigenvalue weighted by atomic mass is 10.2. The van der Waals surface area contributed by atoms with Gasteiger partial charge in [-0.25, -0.2) is 0 Å². The largest absolute Gasteiger partial charge is 0.377 e. The van der Waals surface area contributed by atoms with Crippen LogP contribution in [0.3, 0.4) is 0 Å². The molecule has 0 saturated carbocycles. The fourth-order valence-corrected chi connectivity index (χ4v) is 1.83. The second-order valence-electron chi connectivity index (χ2n) is 4.22. The van der Waals surface area contributed by atoms with Crippen molar-refractivity contribution >= 4 is 5.91 Å². The zero-order chi connectivity index (χ0) is 12.0. The first-order chi connectivity index (χ1) is 7.65. The molecule has 94 valence electrons. The van der Waals surface area contributed by atoms with Crippen molar-refractivity contribution in [2.75, 3.05) is 53.6 Å². The lowest BCUT2D eigenvalue weighted by molar-refractivity contribution is -0.145. The van der Waals surface area contributed by atoms with Crippen LogP contribution in [-0.2, 0) is 14.3 Å². The van der Waals surface area contributed by atoms with E-state index < -0.39 is 0 Å². The molecule has 1 fully saturated rings. The summed E-state index contributed by atoms with van der Waals surface area (Å²) in [5.74, 6) is 0.0667. The molecule has 1 amide bonds. The zero-order valence-corrected chi connectivity index (χ0v) is 10.4. The molecule has 5 heteroatoms. The molecule has 0 unspecified atom stereocenters. The summed E-state index contributed by atoms with van der Waals surface area (Å²) in [6, 6.07) is 0.150. The average Bonchev–Trinajstić information content (AvgIpc) is 2.26. The molecule has 16 heavy (non-hydrogen) atoms. The van der Waals surface area contributed by atoms with E-state index in [2.05, 4.69) is 4.90 Å². The molecule has 5 nitrogen and oxygen atoms in total. The smallest absolute Gasteiger partial charge is 0.249 e. The van der Waals surface area contributed by atoms with Crippen molar-refractivity contribution in [3.8, 4) is 0 Å². The van der Waals surface area contributed by atoms with Gasteiger partial charge in [0, 0.05) is 19.7 Å². The highest BCUT2D eigenvalue weighted by molar-refractivity contribution is 5.77. The maximum Gasteiger partial charge on any atom is 0.249 e. The molecule has 0 radical (unpaired) electrons. The van der Waals surface area contributed by atoms with E-state index >= 15 is 0 Å². The van der Waals surface area contributed by atoms with Crippen LogP contribution in [0.2, 0.25) is 0 Å². The molecule has 1 aliphatic rings. The monoisotopic (exact) mass is 230 g/mol. The number of likely N-dealkylation sites (N-methyl/N-ethyl adjacent to an activating group) is 1. The number of nitrogens with zero attached hydrogens (tertiary/aromatic N) is 2. The van der Waals surface area contributed by atoms with Gasteiger partial charge in [0.25, 0.3) is 0 Å². The van der Waals surface area contributed by atoms with E-state index in [-0.39, 0.29) is 18.6 Å². The van der Waals surface area contributed by atoms with E-state index in [9.17, 15) is 4.79 Å². The third-order valence-corrected chi connectivity index (χ3v) is 2.55. The minimum Gasteiger partial charge on any atom is -0.377 e. The summed E-state index contributed by atoms with van der Waals surface area (Å²) in [5, 5.41) is 0. The van der Waals surface area contributed by atoms with Crippen LogP contribution >= 0.6 is 0 Å². The predicted octanol–water partition coefficient (Wildman–Crippen LogP) is -0.188. The third kappa shape index (κ3) is 4.08. The topological polar surface area (TPSA) is 42.0 Å². The number of ether oxygens (including phenoxy) is 2. The van der Waals surface area contributed by atoms with Gasteiger partial charge in [-0.3, -0.25) is 4.79 Å². The average molecular weight is 230 g/mol. The fourth-order valence-electron chi connectivity index (χ4n) is 1.83. The lowest BCUT2D eigenvalue weighted by Crippen LogP contribution is -2.53. The van der Waals surface area contributed by atoms with Gasteiger partial charge in [-0.15, -0.1) is 0 Å². The van der Waals surface area contributed by atoms with Crippen LogP contribution in [0.15, 0.2) is 0 Å². The molecule has 1 atom stereocenters. The summed E-state index contributed by atoms with van der Waals surface area (Å²) in [6.07, 6.45) is 0. The van der Waals surface area contributed by atoms with Gasteiger partial charge < -0.3 is 19.3 Å². The number of rotatable bonds is 5. The van der Waals surface area contributed by atoms with Crippen LogP contribution in [0.1, 0.15) is 6.92 Å². The Balaban J connectivity index is 2.48. The van der Waals surface area contributed by atoms with E-state index in [1.54, 1.807) is 0 Å². The summed E-state index contributed by atoms with van der Waals surface area (Å²) < 4.78 is 10.6. The molecule has 0 bridgehead atoms. The van der Waals surface area contributed by atoms with Crippen LogP contribution in [-0.4, -0.2) is 75.4 Å². The van der Waals surface area contributed by atoms with Crippen molar-refractivity contribution in [3.63, 3.8) is 0 Å². The summed E-state index contributed by atoms with van der Waals surface area (Å²) in [7, 11) is 4.00. The maximum atomic E-state index is 11.9.